The number of allylic oxidation sites excluding steroid dienone is 1. The van der Waals surface area contributed by atoms with Gasteiger partial charge in [-0.05, 0) is 6.92 Å². The Bertz CT molecular complexity index is 300. The van der Waals surface area contributed by atoms with E-state index in [4.69, 9.17) is 5.73 Å². The third-order valence-electron chi connectivity index (χ3n) is 1.90. The SMILES string of the molecule is CC1=N[N+]2(C)C(=C1)NN=C2N. The molecular formula is C6H10N5+. The molecule has 2 rings (SSSR count). The zero-order chi connectivity index (χ0) is 8.06. The van der Waals surface area contributed by atoms with Gasteiger partial charge in [0, 0.05) is 6.08 Å². The maximum absolute atomic E-state index is 5.63. The summed E-state index contributed by atoms with van der Waals surface area (Å²) in [5.74, 6) is 1.40. The van der Waals surface area contributed by atoms with Crippen molar-refractivity contribution in [2.24, 2.45) is 15.9 Å². The second kappa shape index (κ2) is 1.62. The zero-order valence-electron chi connectivity index (χ0n) is 6.50. The smallest absolute Gasteiger partial charge is 0.334 e. The molecule has 0 aromatic rings. The molecule has 3 N–H and O–H groups in total. The van der Waals surface area contributed by atoms with Gasteiger partial charge >= 0.3 is 5.96 Å². The van der Waals surface area contributed by atoms with Crippen molar-refractivity contribution in [1.29, 1.82) is 0 Å². The second-order valence-corrected chi connectivity index (χ2v) is 2.81. The molecule has 58 valence electrons. The van der Waals surface area contributed by atoms with Crippen LogP contribution in [0.2, 0.25) is 0 Å². The summed E-state index contributed by atoms with van der Waals surface area (Å²) in [4.78, 5) is 0. The van der Waals surface area contributed by atoms with E-state index in [1.165, 1.54) is 0 Å². The van der Waals surface area contributed by atoms with Crippen LogP contribution in [0.4, 0.5) is 0 Å². The number of guanidine groups is 1. The number of nitrogens with zero attached hydrogens (tertiary/aromatic N) is 3. The molecule has 0 saturated carbocycles. The molecule has 0 fully saturated rings. The van der Waals surface area contributed by atoms with E-state index in [1.807, 2.05) is 20.0 Å². The Hall–Kier alpha value is -1.36. The summed E-state index contributed by atoms with van der Waals surface area (Å²) in [6, 6.07) is 0. The third kappa shape index (κ3) is 0.627. The molecule has 0 aromatic carbocycles. The molecule has 0 bridgehead atoms. The van der Waals surface area contributed by atoms with Gasteiger partial charge in [-0.1, -0.05) is 14.8 Å². The third-order valence-corrected chi connectivity index (χ3v) is 1.90. The molecule has 5 nitrogen and oxygen atoms in total. The monoisotopic (exact) mass is 152 g/mol. The normalized spacial score (nSPS) is 33.8. The molecule has 0 spiro atoms. The van der Waals surface area contributed by atoms with Crippen LogP contribution < -0.4 is 11.2 Å². The van der Waals surface area contributed by atoms with Gasteiger partial charge in [0.2, 0.25) is 0 Å². The van der Waals surface area contributed by atoms with Crippen LogP contribution in [0.3, 0.4) is 0 Å². The Morgan fingerprint density at radius 3 is 3.00 bits per heavy atom. The standard InChI is InChI=1S/C6H10N5/c1-4-3-5-8-9-6(7)11(5,2)10-4/h3,8H,1-2H3,(H2,7,9)/q+1. The van der Waals surface area contributed by atoms with Crippen LogP contribution in [0.15, 0.2) is 22.1 Å². The fourth-order valence-electron chi connectivity index (χ4n) is 1.24. The quantitative estimate of drug-likeness (QED) is 0.459. The number of nitrogens with one attached hydrogen (secondary N) is 1. The van der Waals surface area contributed by atoms with Crippen LogP contribution >= 0.6 is 0 Å². The van der Waals surface area contributed by atoms with Gasteiger partial charge in [0.05, 0.1) is 0 Å². The van der Waals surface area contributed by atoms with Crippen LogP contribution in [0, 0.1) is 0 Å². The Balaban J connectivity index is 2.51. The lowest BCUT2D eigenvalue weighted by atomic mass is 10.4. The molecule has 0 radical (unpaired) electrons. The minimum atomic E-state index is 0.256. The highest BCUT2D eigenvalue weighted by atomic mass is 15.8. The predicted octanol–water partition coefficient (Wildman–Crippen LogP) is -0.503. The number of fused-ring (bicyclic) bond motifs is 1. The van der Waals surface area contributed by atoms with E-state index in [1.54, 1.807) is 0 Å². The average Bonchev–Trinajstić information content (AvgIpc) is 2.32. The van der Waals surface area contributed by atoms with Crippen molar-refractivity contribution < 1.29 is 4.59 Å². The van der Waals surface area contributed by atoms with Crippen molar-refractivity contribution in [2.75, 3.05) is 7.05 Å². The van der Waals surface area contributed by atoms with Crippen molar-refractivity contribution in [3.63, 3.8) is 0 Å². The van der Waals surface area contributed by atoms with E-state index < -0.39 is 0 Å². The first-order chi connectivity index (χ1) is 5.13. The maximum Gasteiger partial charge on any atom is 0.350 e. The number of hydrogen-bond donors (Lipinski definition) is 2. The second-order valence-electron chi connectivity index (χ2n) is 2.81. The summed E-state index contributed by atoms with van der Waals surface area (Å²) in [5, 5.41) is 8.17. The van der Waals surface area contributed by atoms with Gasteiger partial charge in [-0.25, -0.2) is 5.43 Å². The van der Waals surface area contributed by atoms with Crippen molar-refractivity contribution in [3.8, 4) is 0 Å². The van der Waals surface area contributed by atoms with E-state index in [9.17, 15) is 0 Å². The van der Waals surface area contributed by atoms with Gasteiger partial charge in [-0.3, -0.25) is 0 Å². The van der Waals surface area contributed by atoms with Crippen LogP contribution in [0.25, 0.3) is 0 Å². The van der Waals surface area contributed by atoms with Gasteiger partial charge in [-0.2, -0.15) is 0 Å². The molecular weight excluding hydrogens is 142 g/mol. The highest BCUT2D eigenvalue weighted by molar-refractivity contribution is 5.95. The van der Waals surface area contributed by atoms with Gasteiger partial charge in [0.15, 0.2) is 0 Å². The summed E-state index contributed by atoms with van der Waals surface area (Å²) in [6.07, 6.45) is 1.93. The van der Waals surface area contributed by atoms with Crippen molar-refractivity contribution >= 4 is 11.7 Å². The Morgan fingerprint density at radius 1 is 1.64 bits per heavy atom. The Labute approximate surface area is 64.5 Å². The molecule has 0 aromatic heterocycles. The molecule has 0 aliphatic carbocycles. The number of rotatable bonds is 0. The van der Waals surface area contributed by atoms with Gasteiger partial charge < -0.3 is 5.73 Å². The minimum absolute atomic E-state index is 0.256. The fourth-order valence-corrected chi connectivity index (χ4v) is 1.24. The number of hydrogen-bond acceptors (Lipinski definition) is 4. The van der Waals surface area contributed by atoms with Crippen LogP contribution in [0.5, 0.6) is 0 Å². The minimum Gasteiger partial charge on any atom is -0.334 e. The van der Waals surface area contributed by atoms with E-state index in [0.29, 0.717) is 5.96 Å². The first-order valence-corrected chi connectivity index (χ1v) is 3.38. The maximum atomic E-state index is 5.63. The van der Waals surface area contributed by atoms with Crippen molar-refractivity contribution in [3.05, 3.63) is 11.9 Å². The lowest BCUT2D eigenvalue weighted by Gasteiger charge is -2.15. The first-order valence-electron chi connectivity index (χ1n) is 3.38. The van der Waals surface area contributed by atoms with Gasteiger partial charge in [0.1, 0.15) is 12.8 Å². The molecule has 2 aliphatic heterocycles. The van der Waals surface area contributed by atoms with E-state index in [2.05, 4.69) is 15.6 Å². The van der Waals surface area contributed by atoms with Crippen LogP contribution in [-0.4, -0.2) is 23.3 Å². The molecule has 0 amide bonds. The predicted molar refractivity (Wildman–Crippen MR) is 42.1 cm³/mol. The van der Waals surface area contributed by atoms with E-state index in [-0.39, 0.29) is 4.59 Å². The summed E-state index contributed by atoms with van der Waals surface area (Å²) in [5.41, 5.74) is 9.41. The fraction of sp³-hybridized carbons (Fsp3) is 0.333. The molecule has 11 heavy (non-hydrogen) atoms. The summed E-state index contributed by atoms with van der Waals surface area (Å²) in [6.45, 7) is 1.93. The highest BCUT2D eigenvalue weighted by Gasteiger charge is 2.42. The Morgan fingerprint density at radius 2 is 2.36 bits per heavy atom. The lowest BCUT2D eigenvalue weighted by Crippen LogP contribution is -2.44. The van der Waals surface area contributed by atoms with Gasteiger partial charge in [0.25, 0.3) is 5.82 Å². The van der Waals surface area contributed by atoms with Crippen LogP contribution in [0.1, 0.15) is 6.92 Å². The topological polar surface area (TPSA) is 62.8 Å². The Kier molecular flexibility index (Phi) is 0.937. The van der Waals surface area contributed by atoms with Crippen LogP contribution in [-0.2, 0) is 0 Å². The van der Waals surface area contributed by atoms with Crippen molar-refractivity contribution in [2.45, 2.75) is 6.92 Å². The first kappa shape index (κ1) is 6.36. The number of nitrogens with two attached hydrogens (primary N) is 1. The summed E-state index contributed by atoms with van der Waals surface area (Å²) < 4.78 is 0.256. The molecule has 1 unspecified atom stereocenters. The number of quaternary nitrogens is 1. The molecule has 5 heteroatoms. The highest BCUT2D eigenvalue weighted by Crippen LogP contribution is 2.23. The molecule has 2 aliphatic rings. The molecule has 1 atom stereocenters. The summed E-state index contributed by atoms with van der Waals surface area (Å²) in [7, 11) is 1.89. The molecule has 0 saturated heterocycles. The number of hydrazone groups is 1. The van der Waals surface area contributed by atoms with E-state index >= 15 is 0 Å². The van der Waals surface area contributed by atoms with Crippen molar-refractivity contribution in [1.82, 2.24) is 5.43 Å². The van der Waals surface area contributed by atoms with Gasteiger partial charge in [-0.15, -0.1) is 0 Å². The lowest BCUT2D eigenvalue weighted by molar-refractivity contribution is -0.783. The summed E-state index contributed by atoms with van der Waals surface area (Å²) >= 11 is 0. The largest absolute Gasteiger partial charge is 0.350 e. The zero-order valence-corrected chi connectivity index (χ0v) is 6.50. The molecule has 2 heterocycles. The average molecular weight is 152 g/mol. The van der Waals surface area contributed by atoms with E-state index in [0.717, 1.165) is 11.5 Å².